The summed E-state index contributed by atoms with van der Waals surface area (Å²) in [6, 6.07) is 10.6. The molecule has 0 aliphatic carbocycles. The average molecular weight is 477 g/mol. The third-order valence-corrected chi connectivity index (χ3v) is 7.95. The van der Waals surface area contributed by atoms with Crippen LogP contribution >= 0.6 is 35.3 Å². The minimum Gasteiger partial charge on any atom is -0.322 e. The molecule has 1 atom stereocenters. The Bertz CT molecular complexity index is 812. The molecule has 0 spiro atoms. The Morgan fingerprint density at radius 2 is 1.71 bits per heavy atom. The first kappa shape index (κ1) is 26.1. The van der Waals surface area contributed by atoms with E-state index in [0.717, 1.165) is 39.0 Å². The third kappa shape index (κ3) is 7.76. The van der Waals surface area contributed by atoms with Gasteiger partial charge in [-0.15, -0.1) is 35.3 Å². The topological polar surface area (TPSA) is 42.0 Å². The van der Waals surface area contributed by atoms with Crippen molar-refractivity contribution in [3.8, 4) is 0 Å². The van der Waals surface area contributed by atoms with E-state index >= 15 is 0 Å². The molecule has 3 nitrogen and oxygen atoms in total. The van der Waals surface area contributed by atoms with Crippen molar-refractivity contribution in [2.24, 2.45) is 0 Å². The Hall–Kier alpha value is -1.11. The molecule has 1 amide bonds. The maximum absolute atomic E-state index is 13.5. The zero-order valence-electron chi connectivity index (χ0n) is 19.7. The van der Waals surface area contributed by atoms with Gasteiger partial charge in [-0.05, 0) is 54.7 Å². The standard InChI is InChI=1S/C25H36N2OS3/c1-7-8-9-10-15-31-23(20-13-11-19(12-14-20)17(2)3)24(28)27-22-21(29-5)16-18(4)26-25(22)30-6/h11-14,16-17,23H,7-10,15H2,1-6H3,(H,27,28). The number of nitrogens with zero attached hydrogens (tertiary/aromatic N) is 1. The van der Waals surface area contributed by atoms with Crippen molar-refractivity contribution >= 4 is 46.9 Å². The second-order valence-corrected chi connectivity index (χ2v) is 10.8. The van der Waals surface area contributed by atoms with E-state index in [2.05, 4.69) is 55.3 Å². The van der Waals surface area contributed by atoms with Gasteiger partial charge < -0.3 is 5.32 Å². The minimum atomic E-state index is -0.228. The lowest BCUT2D eigenvalue weighted by Crippen LogP contribution is -2.20. The number of hydrogen-bond donors (Lipinski definition) is 1. The monoisotopic (exact) mass is 476 g/mol. The molecule has 1 unspecified atom stereocenters. The molecule has 0 fully saturated rings. The van der Waals surface area contributed by atoms with Gasteiger partial charge in [0.15, 0.2) is 0 Å². The number of pyridine rings is 1. The molecule has 0 radical (unpaired) electrons. The average Bonchev–Trinajstić information content (AvgIpc) is 2.77. The van der Waals surface area contributed by atoms with E-state index in [1.54, 1.807) is 35.3 Å². The van der Waals surface area contributed by atoms with Crippen molar-refractivity contribution in [3.63, 3.8) is 0 Å². The van der Waals surface area contributed by atoms with Crippen LogP contribution in [0.2, 0.25) is 0 Å². The summed E-state index contributed by atoms with van der Waals surface area (Å²) in [6.07, 6.45) is 8.89. The van der Waals surface area contributed by atoms with Crippen LogP contribution in [0.5, 0.6) is 0 Å². The lowest BCUT2D eigenvalue weighted by molar-refractivity contribution is -0.115. The normalized spacial score (nSPS) is 12.2. The molecule has 6 heteroatoms. The molecule has 0 saturated carbocycles. The molecule has 2 rings (SSSR count). The largest absolute Gasteiger partial charge is 0.322 e. The maximum Gasteiger partial charge on any atom is 0.242 e. The number of anilines is 1. The first-order chi connectivity index (χ1) is 14.9. The summed E-state index contributed by atoms with van der Waals surface area (Å²) in [7, 11) is 0. The van der Waals surface area contributed by atoms with Gasteiger partial charge >= 0.3 is 0 Å². The van der Waals surface area contributed by atoms with E-state index in [-0.39, 0.29) is 11.2 Å². The number of unbranched alkanes of at least 4 members (excludes halogenated alkanes) is 3. The van der Waals surface area contributed by atoms with Gasteiger partial charge in [0.2, 0.25) is 5.91 Å². The number of carbonyl (C=O) groups excluding carboxylic acids is 1. The molecule has 0 aliphatic heterocycles. The van der Waals surface area contributed by atoms with E-state index in [9.17, 15) is 4.79 Å². The van der Waals surface area contributed by atoms with Crippen LogP contribution in [0.15, 0.2) is 40.3 Å². The molecule has 31 heavy (non-hydrogen) atoms. The molecule has 0 aliphatic rings. The van der Waals surface area contributed by atoms with Crippen LogP contribution in [0.4, 0.5) is 5.69 Å². The minimum absolute atomic E-state index is 0.0361. The van der Waals surface area contributed by atoms with Crippen LogP contribution < -0.4 is 5.32 Å². The van der Waals surface area contributed by atoms with Crippen molar-refractivity contribution in [2.45, 2.75) is 74.5 Å². The first-order valence-electron chi connectivity index (χ1n) is 11.0. The van der Waals surface area contributed by atoms with Crippen molar-refractivity contribution in [2.75, 3.05) is 23.6 Å². The summed E-state index contributed by atoms with van der Waals surface area (Å²) < 4.78 is 0. The summed E-state index contributed by atoms with van der Waals surface area (Å²) in [6.45, 7) is 8.61. The first-order valence-corrected chi connectivity index (χ1v) is 14.5. The molecule has 1 aromatic heterocycles. The number of carbonyl (C=O) groups is 1. The number of thioether (sulfide) groups is 3. The molecule has 0 saturated heterocycles. The van der Waals surface area contributed by atoms with Gasteiger partial charge in [-0.3, -0.25) is 4.79 Å². The van der Waals surface area contributed by atoms with E-state index in [1.165, 1.54) is 24.8 Å². The van der Waals surface area contributed by atoms with Crippen LogP contribution in [0.3, 0.4) is 0 Å². The van der Waals surface area contributed by atoms with E-state index in [0.29, 0.717) is 5.92 Å². The fourth-order valence-corrected chi connectivity index (χ4v) is 5.81. The molecular weight excluding hydrogens is 440 g/mol. The molecular formula is C25H36N2OS3. The Morgan fingerprint density at radius 1 is 1.03 bits per heavy atom. The number of aryl methyl sites for hydroxylation is 1. The Kier molecular flexibility index (Phi) is 11.3. The van der Waals surface area contributed by atoms with Gasteiger partial charge in [0.25, 0.3) is 0 Å². The highest BCUT2D eigenvalue weighted by molar-refractivity contribution is 8.00. The highest BCUT2D eigenvalue weighted by Gasteiger charge is 2.24. The molecule has 1 N–H and O–H groups in total. The quantitative estimate of drug-likeness (QED) is 0.249. The molecule has 2 aromatic rings. The van der Waals surface area contributed by atoms with Gasteiger partial charge in [-0.1, -0.05) is 64.3 Å². The van der Waals surface area contributed by atoms with Crippen LogP contribution in [0.25, 0.3) is 0 Å². The Balaban J connectivity index is 2.27. The van der Waals surface area contributed by atoms with Crippen molar-refractivity contribution < 1.29 is 4.79 Å². The lowest BCUT2D eigenvalue weighted by atomic mass is 10.0. The van der Waals surface area contributed by atoms with Crippen LogP contribution in [-0.4, -0.2) is 29.2 Å². The summed E-state index contributed by atoms with van der Waals surface area (Å²) >= 11 is 4.97. The fraction of sp³-hybridized carbons (Fsp3) is 0.520. The van der Waals surface area contributed by atoms with Crippen LogP contribution in [0, 0.1) is 6.92 Å². The summed E-state index contributed by atoms with van der Waals surface area (Å²) in [4.78, 5) is 19.2. The van der Waals surface area contributed by atoms with E-state index < -0.39 is 0 Å². The number of nitrogens with one attached hydrogen (secondary N) is 1. The van der Waals surface area contributed by atoms with Crippen molar-refractivity contribution in [1.82, 2.24) is 4.98 Å². The van der Waals surface area contributed by atoms with Gasteiger partial charge in [-0.25, -0.2) is 4.98 Å². The van der Waals surface area contributed by atoms with Gasteiger partial charge in [-0.2, -0.15) is 0 Å². The highest BCUT2D eigenvalue weighted by Crippen LogP contribution is 2.37. The molecule has 1 aromatic carbocycles. The summed E-state index contributed by atoms with van der Waals surface area (Å²) in [5, 5.41) is 3.88. The SMILES string of the molecule is CCCCCCSC(C(=O)Nc1c(SC)cc(C)nc1SC)c1ccc(C(C)C)cc1. The van der Waals surface area contributed by atoms with Crippen LogP contribution in [-0.2, 0) is 4.79 Å². The fourth-order valence-electron chi connectivity index (χ4n) is 3.34. The second kappa shape index (κ2) is 13.4. The maximum atomic E-state index is 13.5. The Labute approximate surface area is 201 Å². The number of hydrogen-bond acceptors (Lipinski definition) is 5. The number of amides is 1. The zero-order valence-corrected chi connectivity index (χ0v) is 22.1. The van der Waals surface area contributed by atoms with Gasteiger partial charge in [0.1, 0.15) is 10.3 Å². The molecule has 170 valence electrons. The lowest BCUT2D eigenvalue weighted by Gasteiger charge is -2.20. The van der Waals surface area contributed by atoms with Crippen LogP contribution in [0.1, 0.15) is 74.4 Å². The summed E-state index contributed by atoms with van der Waals surface area (Å²) in [5.74, 6) is 1.50. The smallest absolute Gasteiger partial charge is 0.242 e. The zero-order chi connectivity index (χ0) is 22.8. The number of benzene rings is 1. The molecule has 0 bridgehead atoms. The molecule has 1 heterocycles. The second-order valence-electron chi connectivity index (χ2n) is 7.97. The predicted molar refractivity (Wildman–Crippen MR) is 141 cm³/mol. The van der Waals surface area contributed by atoms with Gasteiger partial charge in [0, 0.05) is 10.6 Å². The number of aromatic nitrogens is 1. The van der Waals surface area contributed by atoms with Gasteiger partial charge in [0.05, 0.1) is 5.69 Å². The highest BCUT2D eigenvalue weighted by atomic mass is 32.2. The number of rotatable bonds is 12. The van der Waals surface area contributed by atoms with Crippen molar-refractivity contribution in [1.29, 1.82) is 0 Å². The predicted octanol–water partition coefficient (Wildman–Crippen LogP) is 7.95. The third-order valence-electron chi connectivity index (χ3n) is 5.17. The van der Waals surface area contributed by atoms with E-state index in [4.69, 9.17) is 0 Å². The summed E-state index contributed by atoms with van der Waals surface area (Å²) in [5.41, 5.74) is 4.18. The Morgan fingerprint density at radius 3 is 2.29 bits per heavy atom. The van der Waals surface area contributed by atoms with Crippen molar-refractivity contribution in [3.05, 3.63) is 47.2 Å². The van der Waals surface area contributed by atoms with E-state index in [1.807, 2.05) is 25.5 Å².